The van der Waals surface area contributed by atoms with Gasteiger partial charge in [0, 0.05) is 12.3 Å². The van der Waals surface area contributed by atoms with Crippen LogP contribution in [0, 0.1) is 24.4 Å². The molecule has 0 unspecified atom stereocenters. The molecule has 28 heavy (non-hydrogen) atoms. The topological polar surface area (TPSA) is 80.0 Å². The van der Waals surface area contributed by atoms with Crippen molar-refractivity contribution in [2.45, 2.75) is 19.9 Å². The van der Waals surface area contributed by atoms with E-state index in [1.54, 1.807) is 6.07 Å². The maximum atomic E-state index is 13.5. The summed E-state index contributed by atoms with van der Waals surface area (Å²) in [6.45, 7) is 1.73. The van der Waals surface area contributed by atoms with Crippen LogP contribution in [0.2, 0.25) is 0 Å². The van der Waals surface area contributed by atoms with E-state index >= 15 is 0 Å². The van der Waals surface area contributed by atoms with Crippen molar-refractivity contribution in [3.05, 3.63) is 81.0 Å². The summed E-state index contributed by atoms with van der Waals surface area (Å²) in [6.07, 6.45) is 1.48. The minimum absolute atomic E-state index is 0.0285. The third kappa shape index (κ3) is 4.37. The van der Waals surface area contributed by atoms with Crippen molar-refractivity contribution in [3.8, 4) is 0 Å². The summed E-state index contributed by atoms with van der Waals surface area (Å²) in [7, 11) is 0. The Kier molecular flexibility index (Phi) is 5.74. The van der Waals surface area contributed by atoms with Gasteiger partial charge in [0.25, 0.3) is 5.56 Å². The summed E-state index contributed by atoms with van der Waals surface area (Å²) >= 11 is 0. The lowest BCUT2D eigenvalue weighted by Gasteiger charge is -2.15. The number of hydrogen-bond donors (Lipinski definition) is 2. The van der Waals surface area contributed by atoms with Gasteiger partial charge in [0.05, 0.1) is 6.54 Å². The normalized spacial score (nSPS) is 10.9. The Hall–Kier alpha value is -3.20. The highest BCUT2D eigenvalue weighted by Gasteiger charge is 2.13. The zero-order chi connectivity index (χ0) is 20.3. The molecule has 2 N–H and O–H groups in total. The van der Waals surface area contributed by atoms with Crippen molar-refractivity contribution in [2.75, 3.05) is 11.9 Å². The third-order valence-corrected chi connectivity index (χ3v) is 4.08. The Morgan fingerprint density at radius 2 is 1.82 bits per heavy atom. The minimum atomic E-state index is -1.55. The van der Waals surface area contributed by atoms with E-state index in [2.05, 4.69) is 15.4 Å². The Morgan fingerprint density at radius 3 is 2.46 bits per heavy atom. The van der Waals surface area contributed by atoms with Crippen LogP contribution in [0.5, 0.6) is 0 Å². The first-order chi connectivity index (χ1) is 13.4. The Morgan fingerprint density at radius 1 is 1.11 bits per heavy atom. The average molecular weight is 390 g/mol. The first-order valence-corrected chi connectivity index (χ1v) is 8.42. The number of aromatic nitrogens is 3. The van der Waals surface area contributed by atoms with Crippen LogP contribution in [0.15, 0.2) is 41.3 Å². The second kappa shape index (κ2) is 8.22. The summed E-state index contributed by atoms with van der Waals surface area (Å²) in [5.41, 5.74) is 1.96. The van der Waals surface area contributed by atoms with Gasteiger partial charge in [-0.3, -0.25) is 4.79 Å². The summed E-state index contributed by atoms with van der Waals surface area (Å²) in [6, 6.07) is 7.17. The maximum absolute atomic E-state index is 13.5. The van der Waals surface area contributed by atoms with Gasteiger partial charge < -0.3 is 10.4 Å². The van der Waals surface area contributed by atoms with Gasteiger partial charge in [-0.15, -0.1) is 0 Å². The number of rotatable bonds is 6. The van der Waals surface area contributed by atoms with Gasteiger partial charge in [0.15, 0.2) is 17.5 Å². The molecule has 0 aliphatic heterocycles. The van der Waals surface area contributed by atoms with Crippen LogP contribution >= 0.6 is 0 Å². The van der Waals surface area contributed by atoms with Crippen molar-refractivity contribution in [1.82, 2.24) is 14.8 Å². The first kappa shape index (κ1) is 19.6. The van der Waals surface area contributed by atoms with Crippen LogP contribution in [0.1, 0.15) is 16.7 Å². The highest BCUT2D eigenvalue weighted by Crippen LogP contribution is 2.21. The molecule has 0 atom stereocenters. The van der Waals surface area contributed by atoms with E-state index in [1.165, 1.54) is 4.68 Å². The van der Waals surface area contributed by atoms with Gasteiger partial charge >= 0.3 is 0 Å². The van der Waals surface area contributed by atoms with Gasteiger partial charge in [0.1, 0.15) is 6.20 Å². The molecule has 6 nitrogen and oxygen atoms in total. The van der Waals surface area contributed by atoms with E-state index in [0.717, 1.165) is 29.5 Å². The SMILES string of the molecule is Cc1cc(CCO)ccc1Nc1nc(=O)cnn1Cc1cc(F)c(F)c(F)c1. The zero-order valence-corrected chi connectivity index (χ0v) is 14.9. The fraction of sp³-hybridized carbons (Fsp3) is 0.211. The number of nitrogens with zero attached hydrogens (tertiary/aromatic N) is 3. The Bertz CT molecular complexity index is 1050. The molecule has 0 radical (unpaired) electrons. The van der Waals surface area contributed by atoms with Crippen molar-refractivity contribution in [2.24, 2.45) is 0 Å². The number of benzene rings is 2. The summed E-state index contributed by atoms with van der Waals surface area (Å²) < 4.78 is 41.3. The number of hydrogen-bond acceptors (Lipinski definition) is 5. The fourth-order valence-electron chi connectivity index (χ4n) is 2.72. The number of aryl methyl sites for hydroxylation is 1. The maximum Gasteiger partial charge on any atom is 0.293 e. The predicted molar refractivity (Wildman–Crippen MR) is 97.0 cm³/mol. The fourth-order valence-corrected chi connectivity index (χ4v) is 2.72. The second-order valence-corrected chi connectivity index (χ2v) is 6.20. The highest BCUT2D eigenvalue weighted by molar-refractivity contribution is 5.59. The largest absolute Gasteiger partial charge is 0.396 e. The van der Waals surface area contributed by atoms with Crippen LogP contribution in [-0.2, 0) is 13.0 Å². The standard InChI is InChI=1S/C19H17F3N4O2/c1-11-6-12(4-5-27)2-3-16(11)24-19-25-17(28)9-23-26(19)10-13-7-14(20)18(22)15(21)8-13/h2-3,6-9,27H,4-5,10H2,1H3,(H,24,25,28). The lowest BCUT2D eigenvalue weighted by molar-refractivity contribution is 0.299. The van der Waals surface area contributed by atoms with E-state index in [1.807, 2.05) is 19.1 Å². The molecule has 0 fully saturated rings. The Labute approximate surface area is 158 Å². The summed E-state index contributed by atoms with van der Waals surface area (Å²) in [5, 5.41) is 15.9. The smallest absolute Gasteiger partial charge is 0.293 e. The van der Waals surface area contributed by atoms with Crippen molar-refractivity contribution in [3.63, 3.8) is 0 Å². The summed E-state index contributed by atoms with van der Waals surface area (Å²) in [5.74, 6) is -4.11. The molecule has 9 heteroatoms. The molecule has 0 saturated carbocycles. The van der Waals surface area contributed by atoms with Crippen LogP contribution in [0.25, 0.3) is 0 Å². The van der Waals surface area contributed by atoms with Crippen LogP contribution in [0.4, 0.5) is 24.8 Å². The Balaban J connectivity index is 1.92. The van der Waals surface area contributed by atoms with E-state index in [-0.39, 0.29) is 24.7 Å². The average Bonchev–Trinajstić information content (AvgIpc) is 2.64. The molecule has 0 aliphatic carbocycles. The third-order valence-electron chi connectivity index (χ3n) is 4.08. The quantitative estimate of drug-likeness (QED) is 0.633. The van der Waals surface area contributed by atoms with Crippen molar-refractivity contribution in [1.29, 1.82) is 0 Å². The molecule has 0 saturated heterocycles. The van der Waals surface area contributed by atoms with Gasteiger partial charge in [0.2, 0.25) is 5.95 Å². The molecule has 0 aliphatic rings. The molecule has 0 spiro atoms. The zero-order valence-electron chi connectivity index (χ0n) is 14.9. The molecule has 3 aromatic rings. The van der Waals surface area contributed by atoms with Crippen molar-refractivity contribution >= 4 is 11.6 Å². The monoisotopic (exact) mass is 390 g/mol. The molecule has 2 aromatic carbocycles. The van der Waals surface area contributed by atoms with E-state index in [0.29, 0.717) is 12.1 Å². The van der Waals surface area contributed by atoms with Gasteiger partial charge in [-0.1, -0.05) is 12.1 Å². The lowest BCUT2D eigenvalue weighted by atomic mass is 10.1. The second-order valence-electron chi connectivity index (χ2n) is 6.20. The van der Waals surface area contributed by atoms with Crippen LogP contribution < -0.4 is 10.9 Å². The van der Waals surface area contributed by atoms with Crippen LogP contribution in [-0.4, -0.2) is 26.5 Å². The number of anilines is 2. The van der Waals surface area contributed by atoms with E-state index in [9.17, 15) is 18.0 Å². The molecule has 0 amide bonds. The molecule has 1 heterocycles. The summed E-state index contributed by atoms with van der Waals surface area (Å²) in [4.78, 5) is 15.5. The highest BCUT2D eigenvalue weighted by atomic mass is 19.2. The first-order valence-electron chi connectivity index (χ1n) is 8.42. The molecule has 3 rings (SSSR count). The van der Waals surface area contributed by atoms with Crippen LogP contribution in [0.3, 0.4) is 0 Å². The van der Waals surface area contributed by atoms with Gasteiger partial charge in [-0.2, -0.15) is 10.1 Å². The number of nitrogens with one attached hydrogen (secondary N) is 1. The lowest BCUT2D eigenvalue weighted by Crippen LogP contribution is -2.19. The molecule has 1 aromatic heterocycles. The molecular weight excluding hydrogens is 373 g/mol. The number of aliphatic hydroxyl groups excluding tert-OH is 1. The van der Waals surface area contributed by atoms with Gasteiger partial charge in [-0.25, -0.2) is 17.9 Å². The number of halogens is 3. The van der Waals surface area contributed by atoms with Crippen molar-refractivity contribution < 1.29 is 18.3 Å². The van der Waals surface area contributed by atoms with E-state index in [4.69, 9.17) is 5.11 Å². The molecule has 146 valence electrons. The number of aliphatic hydroxyl groups is 1. The predicted octanol–water partition coefficient (Wildman–Crippen LogP) is 2.69. The van der Waals surface area contributed by atoms with E-state index < -0.39 is 23.0 Å². The molecule has 0 bridgehead atoms. The van der Waals surface area contributed by atoms with Gasteiger partial charge in [-0.05, 0) is 48.2 Å². The molecular formula is C19H17F3N4O2. The minimum Gasteiger partial charge on any atom is -0.396 e.